The molecule has 1 heteroatoms. The van der Waals surface area contributed by atoms with Crippen molar-refractivity contribution in [2.24, 2.45) is 11.3 Å². The van der Waals surface area contributed by atoms with Gasteiger partial charge in [0, 0.05) is 5.92 Å². The Kier molecular flexibility index (Phi) is 2.84. The van der Waals surface area contributed by atoms with Crippen molar-refractivity contribution in [3.63, 3.8) is 0 Å². The Morgan fingerprint density at radius 3 is 2.54 bits per heavy atom. The minimum atomic E-state index is 0.183. The molecule has 0 aromatic rings. The summed E-state index contributed by atoms with van der Waals surface area (Å²) in [7, 11) is 0. The van der Waals surface area contributed by atoms with Crippen LogP contribution in [0.2, 0.25) is 0 Å². The molecule has 0 aromatic carbocycles. The van der Waals surface area contributed by atoms with E-state index in [4.69, 9.17) is 4.74 Å². The number of allylic oxidation sites excluding steroid dienone is 3. The minimum absolute atomic E-state index is 0.183. The Morgan fingerprint density at radius 1 is 1.46 bits per heavy atom. The summed E-state index contributed by atoms with van der Waals surface area (Å²) in [4.78, 5) is 0. The first-order valence-corrected chi connectivity index (χ1v) is 4.90. The highest BCUT2D eigenvalue weighted by Gasteiger charge is 2.30. The molecule has 0 aromatic heterocycles. The zero-order chi connectivity index (χ0) is 10.1. The van der Waals surface area contributed by atoms with E-state index in [1.165, 1.54) is 5.57 Å². The number of rotatable bonds is 2. The predicted octanol–water partition coefficient (Wildman–Crippen LogP) is 3.53. The molecule has 74 valence electrons. The quantitative estimate of drug-likeness (QED) is 0.591. The molecule has 1 heterocycles. The first-order valence-electron chi connectivity index (χ1n) is 4.90. The molecule has 1 rings (SSSR count). The maximum Gasteiger partial charge on any atom is 0.0918 e. The number of hydrogen-bond acceptors (Lipinski definition) is 1. The van der Waals surface area contributed by atoms with Crippen LogP contribution in [0.1, 0.15) is 34.1 Å². The van der Waals surface area contributed by atoms with Crippen LogP contribution in [0, 0.1) is 11.3 Å². The van der Waals surface area contributed by atoms with Crippen molar-refractivity contribution < 1.29 is 4.74 Å². The van der Waals surface area contributed by atoms with Gasteiger partial charge in [-0.1, -0.05) is 19.9 Å². The van der Waals surface area contributed by atoms with Crippen LogP contribution in [0.4, 0.5) is 0 Å². The Labute approximate surface area is 81.5 Å². The predicted molar refractivity (Wildman–Crippen MR) is 56.4 cm³/mol. The molecule has 0 fully saturated rings. The van der Waals surface area contributed by atoms with E-state index in [0.29, 0.717) is 5.92 Å². The zero-order valence-corrected chi connectivity index (χ0v) is 9.18. The van der Waals surface area contributed by atoms with E-state index >= 15 is 0 Å². The van der Waals surface area contributed by atoms with Crippen LogP contribution in [0.15, 0.2) is 24.0 Å². The normalized spacial score (nSPS) is 24.2. The third kappa shape index (κ3) is 2.15. The van der Waals surface area contributed by atoms with Crippen LogP contribution < -0.4 is 0 Å². The van der Waals surface area contributed by atoms with Gasteiger partial charge in [-0.15, -0.1) is 6.58 Å². The van der Waals surface area contributed by atoms with Gasteiger partial charge in [0.05, 0.1) is 12.4 Å². The van der Waals surface area contributed by atoms with Gasteiger partial charge in [-0.2, -0.15) is 0 Å². The zero-order valence-electron chi connectivity index (χ0n) is 9.18. The van der Waals surface area contributed by atoms with Gasteiger partial charge in [-0.05, 0) is 31.3 Å². The molecular weight excluding hydrogens is 160 g/mol. The second-order valence-corrected chi connectivity index (χ2v) is 4.57. The number of ether oxygens (including phenoxy) is 1. The highest BCUT2D eigenvalue weighted by atomic mass is 16.5. The van der Waals surface area contributed by atoms with E-state index in [2.05, 4.69) is 27.4 Å². The van der Waals surface area contributed by atoms with Crippen molar-refractivity contribution in [3.8, 4) is 0 Å². The molecule has 1 atom stereocenters. The average molecular weight is 180 g/mol. The Bertz CT molecular complexity index is 236. The fourth-order valence-electron chi connectivity index (χ4n) is 1.57. The van der Waals surface area contributed by atoms with E-state index in [1.54, 1.807) is 0 Å². The minimum Gasteiger partial charge on any atom is -0.498 e. The molecule has 1 unspecified atom stereocenters. The van der Waals surface area contributed by atoms with Gasteiger partial charge >= 0.3 is 0 Å². The molecule has 1 aliphatic rings. The van der Waals surface area contributed by atoms with Crippen LogP contribution in [0.25, 0.3) is 0 Å². The van der Waals surface area contributed by atoms with E-state index in [1.807, 2.05) is 13.0 Å². The van der Waals surface area contributed by atoms with Gasteiger partial charge in [-0.25, -0.2) is 0 Å². The summed E-state index contributed by atoms with van der Waals surface area (Å²) in [5.74, 6) is 1.69. The molecule has 13 heavy (non-hydrogen) atoms. The lowest BCUT2D eigenvalue weighted by molar-refractivity contribution is 0.0914. The maximum absolute atomic E-state index is 5.62. The van der Waals surface area contributed by atoms with Gasteiger partial charge < -0.3 is 4.74 Å². The van der Waals surface area contributed by atoms with E-state index in [-0.39, 0.29) is 5.41 Å². The summed E-state index contributed by atoms with van der Waals surface area (Å²) < 4.78 is 5.62. The van der Waals surface area contributed by atoms with Crippen molar-refractivity contribution in [1.82, 2.24) is 0 Å². The fraction of sp³-hybridized carbons (Fsp3) is 0.667. The summed E-state index contributed by atoms with van der Waals surface area (Å²) in [6.07, 6.45) is 3.18. The van der Waals surface area contributed by atoms with Gasteiger partial charge in [-0.3, -0.25) is 0 Å². The molecule has 0 bridgehead atoms. The highest BCUT2D eigenvalue weighted by Crippen LogP contribution is 2.36. The number of hydrogen-bond donors (Lipinski definition) is 0. The molecule has 0 aliphatic carbocycles. The van der Waals surface area contributed by atoms with Crippen molar-refractivity contribution in [2.75, 3.05) is 6.61 Å². The molecule has 1 nitrogen and oxygen atoms in total. The van der Waals surface area contributed by atoms with Crippen molar-refractivity contribution >= 4 is 0 Å². The molecule has 0 spiro atoms. The SMILES string of the molecule is C=CC(C)(C)C1COC(C)=C(C)C1. The molecule has 0 N–H and O–H groups in total. The standard InChI is InChI=1S/C12H20O/c1-6-12(4,5)11-7-9(2)10(3)13-8-11/h6,11H,1,7-8H2,2-5H3. The first-order chi connectivity index (χ1) is 5.97. The van der Waals surface area contributed by atoms with Crippen LogP contribution in [0.5, 0.6) is 0 Å². The van der Waals surface area contributed by atoms with Gasteiger partial charge in [0.1, 0.15) is 0 Å². The lowest BCUT2D eigenvalue weighted by atomic mass is 9.75. The lowest BCUT2D eigenvalue weighted by Crippen LogP contribution is -2.29. The van der Waals surface area contributed by atoms with Gasteiger partial charge in [0.25, 0.3) is 0 Å². The van der Waals surface area contributed by atoms with E-state index in [0.717, 1.165) is 18.8 Å². The van der Waals surface area contributed by atoms with Gasteiger partial charge in [0.15, 0.2) is 0 Å². The van der Waals surface area contributed by atoms with E-state index < -0.39 is 0 Å². The van der Waals surface area contributed by atoms with Crippen molar-refractivity contribution in [1.29, 1.82) is 0 Å². The molecule has 0 saturated heterocycles. The Morgan fingerprint density at radius 2 is 2.08 bits per heavy atom. The van der Waals surface area contributed by atoms with Gasteiger partial charge in [0.2, 0.25) is 0 Å². The van der Waals surface area contributed by atoms with Crippen LogP contribution in [-0.2, 0) is 4.74 Å². The fourth-order valence-corrected chi connectivity index (χ4v) is 1.57. The summed E-state index contributed by atoms with van der Waals surface area (Å²) in [6.45, 7) is 13.4. The largest absolute Gasteiger partial charge is 0.498 e. The molecule has 1 aliphatic heterocycles. The third-order valence-corrected chi connectivity index (χ3v) is 3.23. The summed E-state index contributed by atoms with van der Waals surface area (Å²) >= 11 is 0. The topological polar surface area (TPSA) is 9.23 Å². The Balaban J connectivity index is 2.74. The second kappa shape index (κ2) is 3.57. The molecular formula is C12H20O. The van der Waals surface area contributed by atoms with Crippen LogP contribution in [0.3, 0.4) is 0 Å². The molecule has 0 saturated carbocycles. The monoisotopic (exact) mass is 180 g/mol. The molecule has 0 amide bonds. The van der Waals surface area contributed by atoms with Crippen LogP contribution in [-0.4, -0.2) is 6.61 Å². The second-order valence-electron chi connectivity index (χ2n) is 4.57. The smallest absolute Gasteiger partial charge is 0.0918 e. The summed E-state index contributed by atoms with van der Waals surface area (Å²) in [6, 6.07) is 0. The first kappa shape index (κ1) is 10.4. The highest BCUT2D eigenvalue weighted by molar-refractivity contribution is 5.10. The van der Waals surface area contributed by atoms with Crippen molar-refractivity contribution in [3.05, 3.63) is 24.0 Å². The molecule has 0 radical (unpaired) electrons. The average Bonchev–Trinajstić information content (AvgIpc) is 2.09. The third-order valence-electron chi connectivity index (χ3n) is 3.23. The van der Waals surface area contributed by atoms with E-state index in [9.17, 15) is 0 Å². The van der Waals surface area contributed by atoms with Crippen molar-refractivity contribution in [2.45, 2.75) is 34.1 Å². The summed E-state index contributed by atoms with van der Waals surface area (Å²) in [5.41, 5.74) is 1.56. The Hall–Kier alpha value is -0.720. The lowest BCUT2D eigenvalue weighted by Gasteiger charge is -2.35. The maximum atomic E-state index is 5.62. The van der Waals surface area contributed by atoms with Crippen LogP contribution >= 0.6 is 0 Å². The summed E-state index contributed by atoms with van der Waals surface area (Å²) in [5, 5.41) is 0.